The lowest BCUT2D eigenvalue weighted by Crippen LogP contribution is -3.00. The maximum absolute atomic E-state index is 13.3. The van der Waals surface area contributed by atoms with Gasteiger partial charge >= 0.3 is 6.18 Å². The number of carbonyl (C=O) groups excluding carboxylic acids is 1. The van der Waals surface area contributed by atoms with Crippen molar-refractivity contribution in [3.05, 3.63) is 59.4 Å². The number of nitriles is 1. The minimum absolute atomic E-state index is 0. The predicted molar refractivity (Wildman–Crippen MR) is 104 cm³/mol. The van der Waals surface area contributed by atoms with Gasteiger partial charge in [0, 0.05) is 18.2 Å². The number of rotatable bonds is 3. The number of benzene rings is 2. The number of nitrogens with zero attached hydrogens (tertiary/aromatic N) is 3. The van der Waals surface area contributed by atoms with Crippen LogP contribution in [0.5, 0.6) is 0 Å². The molecule has 3 aromatic rings. The standard InChI is InChI=1S/C22H19F3N4O.ClH/c23-22(24,25)16-8-9-18-19(12-16)29(21-7-2-1-3-10-28(18)21)14-20(30)27-17-6-4-5-15(11-17)13-26;/h4-6,8-9,11-12H,1-3,7,10,14H2;1H. The fourth-order valence-electron chi connectivity index (χ4n) is 4.00. The molecule has 0 saturated carbocycles. The second-order valence-corrected chi connectivity index (χ2v) is 7.41. The summed E-state index contributed by atoms with van der Waals surface area (Å²) in [5, 5.41) is 11.8. The van der Waals surface area contributed by atoms with E-state index in [9.17, 15) is 18.0 Å². The Balaban J connectivity index is 0.00000272. The minimum Gasteiger partial charge on any atom is -1.00 e. The number of imidazole rings is 1. The molecule has 5 nitrogen and oxygen atoms in total. The van der Waals surface area contributed by atoms with Crippen molar-refractivity contribution in [1.29, 1.82) is 5.26 Å². The summed E-state index contributed by atoms with van der Waals surface area (Å²) in [5.74, 6) is 0.509. The van der Waals surface area contributed by atoms with Gasteiger partial charge in [-0.25, -0.2) is 9.13 Å². The number of halogens is 4. The smallest absolute Gasteiger partial charge is 0.416 e. The van der Waals surface area contributed by atoms with E-state index in [4.69, 9.17) is 5.26 Å². The topological polar surface area (TPSA) is 61.7 Å². The van der Waals surface area contributed by atoms with Crippen LogP contribution in [0, 0.1) is 11.3 Å². The monoisotopic (exact) mass is 448 g/mol. The molecule has 162 valence electrons. The molecule has 31 heavy (non-hydrogen) atoms. The van der Waals surface area contributed by atoms with Crippen LogP contribution in [0.1, 0.15) is 36.2 Å². The molecule has 0 aliphatic carbocycles. The van der Waals surface area contributed by atoms with E-state index in [0.717, 1.165) is 43.8 Å². The first kappa shape index (κ1) is 22.6. The molecule has 0 spiro atoms. The van der Waals surface area contributed by atoms with Crippen molar-refractivity contribution in [1.82, 2.24) is 4.57 Å². The van der Waals surface area contributed by atoms with Crippen molar-refractivity contribution in [2.45, 2.75) is 44.9 Å². The lowest BCUT2D eigenvalue weighted by Gasteiger charge is -2.07. The van der Waals surface area contributed by atoms with Gasteiger partial charge in [0.2, 0.25) is 0 Å². The Hall–Kier alpha value is -3.05. The number of carbonyl (C=O) groups is 1. The van der Waals surface area contributed by atoms with Gasteiger partial charge < -0.3 is 17.7 Å². The number of hydrogen-bond acceptors (Lipinski definition) is 2. The first-order valence-electron chi connectivity index (χ1n) is 9.79. The first-order chi connectivity index (χ1) is 14.4. The highest BCUT2D eigenvalue weighted by molar-refractivity contribution is 5.91. The van der Waals surface area contributed by atoms with Crippen LogP contribution >= 0.6 is 0 Å². The number of alkyl halides is 3. The van der Waals surface area contributed by atoms with Gasteiger partial charge in [-0.1, -0.05) is 6.07 Å². The highest BCUT2D eigenvalue weighted by atomic mass is 35.5. The van der Waals surface area contributed by atoms with Crippen LogP contribution in [0.2, 0.25) is 0 Å². The van der Waals surface area contributed by atoms with Crippen molar-refractivity contribution >= 4 is 22.6 Å². The molecular weight excluding hydrogens is 429 g/mol. The summed E-state index contributed by atoms with van der Waals surface area (Å²) in [6.45, 7) is 0.618. The van der Waals surface area contributed by atoms with Crippen molar-refractivity contribution in [3.63, 3.8) is 0 Å². The highest BCUT2D eigenvalue weighted by Gasteiger charge is 2.34. The molecule has 4 rings (SSSR count). The van der Waals surface area contributed by atoms with Crippen molar-refractivity contribution in [3.8, 4) is 6.07 Å². The van der Waals surface area contributed by atoms with Crippen LogP contribution in [-0.4, -0.2) is 10.5 Å². The van der Waals surface area contributed by atoms with E-state index >= 15 is 0 Å². The molecule has 2 aromatic carbocycles. The zero-order valence-electron chi connectivity index (χ0n) is 16.5. The van der Waals surface area contributed by atoms with Gasteiger partial charge in [-0.15, -0.1) is 0 Å². The zero-order valence-corrected chi connectivity index (χ0v) is 17.3. The Morgan fingerprint density at radius 2 is 1.97 bits per heavy atom. The van der Waals surface area contributed by atoms with E-state index < -0.39 is 11.7 Å². The molecule has 1 aliphatic heterocycles. The molecule has 9 heteroatoms. The van der Waals surface area contributed by atoms with E-state index in [2.05, 4.69) is 5.32 Å². The van der Waals surface area contributed by atoms with Crippen LogP contribution < -0.4 is 22.3 Å². The number of hydrogen-bond donors (Lipinski definition) is 1. The fourth-order valence-corrected chi connectivity index (χ4v) is 4.00. The molecule has 1 aliphatic rings. The molecule has 0 saturated heterocycles. The number of anilines is 1. The molecular formula is C22H20ClF3N4O. The summed E-state index contributed by atoms with van der Waals surface area (Å²) >= 11 is 0. The fraction of sp³-hybridized carbons (Fsp3) is 0.318. The molecule has 0 fully saturated rings. The van der Waals surface area contributed by atoms with E-state index in [1.807, 2.05) is 10.6 Å². The summed E-state index contributed by atoms with van der Waals surface area (Å²) in [6, 6.07) is 12.3. The Kier molecular flexibility index (Phi) is 6.56. The van der Waals surface area contributed by atoms with Crippen LogP contribution in [0.25, 0.3) is 11.0 Å². The molecule has 0 atom stereocenters. The first-order valence-corrected chi connectivity index (χ1v) is 9.79. The Morgan fingerprint density at radius 1 is 1.16 bits per heavy atom. The van der Waals surface area contributed by atoms with Gasteiger partial charge in [-0.05, 0) is 49.6 Å². The quantitative estimate of drug-likeness (QED) is 0.612. The zero-order chi connectivity index (χ0) is 21.3. The molecule has 0 radical (unpaired) electrons. The Morgan fingerprint density at radius 3 is 2.71 bits per heavy atom. The van der Waals surface area contributed by atoms with Crippen molar-refractivity contribution in [2.75, 3.05) is 5.32 Å². The van der Waals surface area contributed by atoms with Crippen molar-refractivity contribution < 1.29 is 34.9 Å². The van der Waals surface area contributed by atoms with E-state index in [1.54, 1.807) is 28.8 Å². The second kappa shape index (κ2) is 8.98. The second-order valence-electron chi connectivity index (χ2n) is 7.41. The number of aromatic nitrogens is 2. The van der Waals surface area contributed by atoms with Crippen LogP contribution in [0.15, 0.2) is 42.5 Å². The van der Waals surface area contributed by atoms with Crippen molar-refractivity contribution in [2.24, 2.45) is 0 Å². The van der Waals surface area contributed by atoms with E-state index in [-0.39, 0.29) is 24.9 Å². The van der Waals surface area contributed by atoms with Gasteiger partial charge in [-0.2, -0.15) is 18.4 Å². The molecule has 1 aromatic heterocycles. The largest absolute Gasteiger partial charge is 1.00 e. The van der Waals surface area contributed by atoms with Crippen LogP contribution in [0.4, 0.5) is 18.9 Å². The number of nitrogens with one attached hydrogen (secondary N) is 1. The third-order valence-electron chi connectivity index (χ3n) is 5.37. The molecule has 0 unspecified atom stereocenters. The van der Waals surface area contributed by atoms with Gasteiger partial charge in [0.15, 0.2) is 17.6 Å². The summed E-state index contributed by atoms with van der Waals surface area (Å²) in [7, 11) is 0. The van der Waals surface area contributed by atoms with E-state index in [0.29, 0.717) is 28.7 Å². The number of fused-ring (bicyclic) bond motifs is 3. The lowest BCUT2D eigenvalue weighted by molar-refractivity contribution is -0.678. The average molecular weight is 449 g/mol. The highest BCUT2D eigenvalue weighted by Crippen LogP contribution is 2.32. The minimum atomic E-state index is -4.45. The maximum atomic E-state index is 13.3. The van der Waals surface area contributed by atoms with Crippen LogP contribution in [-0.2, 0) is 30.5 Å². The summed E-state index contributed by atoms with van der Waals surface area (Å²) < 4.78 is 43.6. The molecule has 1 N–H and O–H groups in total. The normalized spacial score (nSPS) is 13.6. The lowest BCUT2D eigenvalue weighted by atomic mass is 10.2. The van der Waals surface area contributed by atoms with E-state index in [1.165, 1.54) is 6.07 Å². The molecule has 0 bridgehead atoms. The van der Waals surface area contributed by atoms with Gasteiger partial charge in [0.05, 0.1) is 23.7 Å². The van der Waals surface area contributed by atoms with Crippen LogP contribution in [0.3, 0.4) is 0 Å². The summed E-state index contributed by atoms with van der Waals surface area (Å²) in [6.07, 6.45) is -0.839. The SMILES string of the molecule is N#Cc1cccc(NC(=O)Cn2c3[n+](c4ccc(C(F)(F)F)cc42)CCCCC3)c1.[Cl-]. The number of aryl methyl sites for hydroxylation is 1. The average Bonchev–Trinajstić information content (AvgIpc) is 2.85. The Bertz CT molecular complexity index is 1160. The summed E-state index contributed by atoms with van der Waals surface area (Å²) in [5.41, 5.74) is 1.28. The predicted octanol–water partition coefficient (Wildman–Crippen LogP) is 1.19. The van der Waals surface area contributed by atoms with Gasteiger partial charge in [-0.3, -0.25) is 4.79 Å². The molecule has 1 amide bonds. The third-order valence-corrected chi connectivity index (χ3v) is 5.37. The Labute approximate surface area is 183 Å². The maximum Gasteiger partial charge on any atom is 0.416 e. The van der Waals surface area contributed by atoms with Gasteiger partial charge in [0.1, 0.15) is 0 Å². The molecule has 2 heterocycles. The van der Waals surface area contributed by atoms with Gasteiger partial charge in [0.25, 0.3) is 11.7 Å². The summed E-state index contributed by atoms with van der Waals surface area (Å²) in [4.78, 5) is 12.7. The number of amides is 1. The third kappa shape index (κ3) is 4.67.